The Morgan fingerprint density at radius 3 is 2.76 bits per heavy atom. The predicted octanol–water partition coefficient (Wildman–Crippen LogP) is 1.17. The van der Waals surface area contributed by atoms with Gasteiger partial charge >= 0.3 is 5.97 Å². The third-order valence-electron chi connectivity index (χ3n) is 2.84. The highest BCUT2D eigenvalue weighted by Gasteiger charge is 2.28. The van der Waals surface area contributed by atoms with E-state index in [-0.39, 0.29) is 18.6 Å². The standard InChI is InChI=1S/C12H23NO3S/c1-9(5-7-14)17-8-6-11(12(15)16-2)13-10-3-4-10/h9-11,13-14H,3-8H2,1-2H3. The van der Waals surface area contributed by atoms with E-state index >= 15 is 0 Å². The lowest BCUT2D eigenvalue weighted by Crippen LogP contribution is -2.39. The van der Waals surface area contributed by atoms with Gasteiger partial charge < -0.3 is 15.2 Å². The van der Waals surface area contributed by atoms with Crippen LogP contribution < -0.4 is 5.32 Å². The molecule has 17 heavy (non-hydrogen) atoms. The second kappa shape index (κ2) is 7.95. The quantitative estimate of drug-likeness (QED) is 0.610. The lowest BCUT2D eigenvalue weighted by Gasteiger charge is -2.17. The van der Waals surface area contributed by atoms with Crippen molar-refractivity contribution in [1.82, 2.24) is 5.32 Å². The normalized spacial score (nSPS) is 18.8. The molecular weight excluding hydrogens is 238 g/mol. The van der Waals surface area contributed by atoms with Crippen molar-refractivity contribution in [2.45, 2.75) is 49.9 Å². The molecule has 0 aromatic carbocycles. The average molecular weight is 261 g/mol. The van der Waals surface area contributed by atoms with Gasteiger partial charge in [0.2, 0.25) is 0 Å². The molecule has 0 aromatic rings. The summed E-state index contributed by atoms with van der Waals surface area (Å²) in [4.78, 5) is 11.5. The first-order chi connectivity index (χ1) is 8.17. The molecule has 0 bridgehead atoms. The van der Waals surface area contributed by atoms with Gasteiger partial charge in [0.25, 0.3) is 0 Å². The molecule has 5 heteroatoms. The molecule has 0 aromatic heterocycles. The Bertz CT molecular complexity index is 234. The second-order valence-corrected chi connectivity index (χ2v) is 6.05. The maximum Gasteiger partial charge on any atom is 0.322 e. The Balaban J connectivity index is 2.20. The summed E-state index contributed by atoms with van der Waals surface area (Å²) >= 11 is 1.80. The molecule has 1 rings (SSSR count). The van der Waals surface area contributed by atoms with Crippen LogP contribution in [0.15, 0.2) is 0 Å². The fourth-order valence-electron chi connectivity index (χ4n) is 1.60. The van der Waals surface area contributed by atoms with Crippen molar-refractivity contribution >= 4 is 17.7 Å². The van der Waals surface area contributed by atoms with Crippen molar-refractivity contribution in [3.8, 4) is 0 Å². The first-order valence-corrected chi connectivity index (χ1v) is 7.28. The summed E-state index contributed by atoms with van der Waals surface area (Å²) in [5, 5.41) is 12.6. The molecule has 0 spiro atoms. The number of carbonyl (C=O) groups is 1. The van der Waals surface area contributed by atoms with Gasteiger partial charge in [0.05, 0.1) is 7.11 Å². The number of methoxy groups -OCH3 is 1. The number of carbonyl (C=O) groups excluding carboxylic acids is 1. The van der Waals surface area contributed by atoms with Gasteiger partial charge in [-0.25, -0.2) is 0 Å². The molecule has 4 nitrogen and oxygen atoms in total. The minimum atomic E-state index is -0.165. The molecule has 0 radical (unpaired) electrons. The molecule has 2 unspecified atom stereocenters. The van der Waals surface area contributed by atoms with Gasteiger partial charge in [0.1, 0.15) is 6.04 Å². The summed E-state index contributed by atoms with van der Waals surface area (Å²) in [7, 11) is 1.44. The molecule has 0 saturated heterocycles. The van der Waals surface area contributed by atoms with E-state index in [0.29, 0.717) is 11.3 Å². The lowest BCUT2D eigenvalue weighted by molar-refractivity contribution is -0.143. The van der Waals surface area contributed by atoms with Crippen molar-refractivity contribution < 1.29 is 14.6 Å². The molecule has 100 valence electrons. The largest absolute Gasteiger partial charge is 0.468 e. The number of ether oxygens (including phenoxy) is 1. The van der Waals surface area contributed by atoms with Crippen molar-refractivity contribution in [2.24, 2.45) is 0 Å². The summed E-state index contributed by atoms with van der Waals surface area (Å²) in [6, 6.07) is 0.347. The zero-order chi connectivity index (χ0) is 12.7. The molecule has 2 atom stereocenters. The SMILES string of the molecule is COC(=O)C(CCSC(C)CCO)NC1CC1. The van der Waals surface area contributed by atoms with Crippen molar-refractivity contribution in [1.29, 1.82) is 0 Å². The second-order valence-electron chi connectivity index (χ2n) is 4.50. The summed E-state index contributed by atoms with van der Waals surface area (Å²) in [5.74, 6) is 0.757. The minimum absolute atomic E-state index is 0.160. The van der Waals surface area contributed by atoms with Gasteiger partial charge in [0, 0.05) is 17.9 Å². The van der Waals surface area contributed by atoms with Crippen molar-refractivity contribution in [2.75, 3.05) is 19.5 Å². The predicted molar refractivity (Wildman–Crippen MR) is 70.2 cm³/mol. The van der Waals surface area contributed by atoms with E-state index in [1.165, 1.54) is 20.0 Å². The maximum absolute atomic E-state index is 11.5. The fraction of sp³-hybridized carbons (Fsp3) is 0.917. The van der Waals surface area contributed by atoms with Crippen LogP contribution in [0.5, 0.6) is 0 Å². The van der Waals surface area contributed by atoms with Crippen LogP contribution in [0, 0.1) is 0 Å². The Morgan fingerprint density at radius 1 is 1.53 bits per heavy atom. The molecule has 2 N–H and O–H groups in total. The lowest BCUT2D eigenvalue weighted by atomic mass is 10.2. The number of esters is 1. The van der Waals surface area contributed by atoms with E-state index in [2.05, 4.69) is 12.2 Å². The zero-order valence-corrected chi connectivity index (χ0v) is 11.5. The van der Waals surface area contributed by atoms with E-state index in [1.807, 2.05) is 0 Å². The van der Waals surface area contributed by atoms with Crippen molar-refractivity contribution in [3.05, 3.63) is 0 Å². The van der Waals surface area contributed by atoms with Crippen LogP contribution in [0.4, 0.5) is 0 Å². The first kappa shape index (κ1) is 14.8. The Kier molecular flexibility index (Phi) is 6.92. The topological polar surface area (TPSA) is 58.6 Å². The van der Waals surface area contributed by atoms with E-state index in [4.69, 9.17) is 9.84 Å². The average Bonchev–Trinajstić information content (AvgIpc) is 3.11. The van der Waals surface area contributed by atoms with Crippen LogP contribution in [-0.4, -0.2) is 47.9 Å². The molecule has 0 heterocycles. The number of thioether (sulfide) groups is 1. The summed E-state index contributed by atoms with van der Waals surface area (Å²) < 4.78 is 4.80. The molecular formula is C12H23NO3S. The van der Waals surface area contributed by atoms with Gasteiger partial charge in [0.15, 0.2) is 0 Å². The highest BCUT2D eigenvalue weighted by molar-refractivity contribution is 7.99. The molecule has 0 amide bonds. The van der Waals surface area contributed by atoms with Crippen LogP contribution in [0.2, 0.25) is 0 Å². The Hall–Kier alpha value is -0.260. The van der Waals surface area contributed by atoms with Gasteiger partial charge in [-0.2, -0.15) is 11.8 Å². The maximum atomic E-state index is 11.5. The number of rotatable bonds is 9. The van der Waals surface area contributed by atoms with Crippen LogP contribution in [0.1, 0.15) is 32.6 Å². The van der Waals surface area contributed by atoms with E-state index in [1.54, 1.807) is 11.8 Å². The Labute approximate surface area is 107 Å². The summed E-state index contributed by atoms with van der Waals surface area (Å²) in [6.07, 6.45) is 3.94. The smallest absolute Gasteiger partial charge is 0.322 e. The fourth-order valence-corrected chi connectivity index (χ4v) is 2.64. The number of aliphatic hydroxyl groups excluding tert-OH is 1. The van der Waals surface area contributed by atoms with Crippen LogP contribution in [0.25, 0.3) is 0 Å². The zero-order valence-electron chi connectivity index (χ0n) is 10.6. The van der Waals surface area contributed by atoms with Crippen LogP contribution in [-0.2, 0) is 9.53 Å². The number of hydrogen-bond donors (Lipinski definition) is 2. The summed E-state index contributed by atoms with van der Waals surface area (Å²) in [5.41, 5.74) is 0. The highest BCUT2D eigenvalue weighted by atomic mass is 32.2. The third kappa shape index (κ3) is 6.29. The number of aliphatic hydroxyl groups is 1. The third-order valence-corrected chi connectivity index (χ3v) is 4.12. The molecule has 1 fully saturated rings. The first-order valence-electron chi connectivity index (χ1n) is 6.23. The van der Waals surface area contributed by atoms with Crippen LogP contribution in [0.3, 0.4) is 0 Å². The molecule has 1 aliphatic carbocycles. The highest BCUT2D eigenvalue weighted by Crippen LogP contribution is 2.21. The van der Waals surface area contributed by atoms with E-state index in [9.17, 15) is 4.79 Å². The number of hydrogen-bond acceptors (Lipinski definition) is 5. The van der Waals surface area contributed by atoms with Gasteiger partial charge in [-0.1, -0.05) is 6.92 Å². The van der Waals surface area contributed by atoms with E-state index in [0.717, 1.165) is 18.6 Å². The number of nitrogens with one attached hydrogen (secondary N) is 1. The summed E-state index contributed by atoms with van der Waals surface area (Å²) in [6.45, 7) is 2.33. The van der Waals surface area contributed by atoms with Crippen molar-refractivity contribution in [3.63, 3.8) is 0 Å². The molecule has 1 saturated carbocycles. The molecule has 1 aliphatic rings. The molecule has 0 aliphatic heterocycles. The van der Waals surface area contributed by atoms with Gasteiger partial charge in [-0.3, -0.25) is 4.79 Å². The van der Waals surface area contributed by atoms with Crippen LogP contribution >= 0.6 is 11.8 Å². The van der Waals surface area contributed by atoms with Gasteiger partial charge in [-0.15, -0.1) is 0 Å². The van der Waals surface area contributed by atoms with E-state index < -0.39 is 0 Å². The van der Waals surface area contributed by atoms with Gasteiger partial charge in [-0.05, 0) is 31.4 Å². The monoisotopic (exact) mass is 261 g/mol. The Morgan fingerprint density at radius 2 is 2.24 bits per heavy atom. The minimum Gasteiger partial charge on any atom is -0.468 e.